The minimum atomic E-state index is -0.0319. The van der Waals surface area contributed by atoms with Gasteiger partial charge >= 0.3 is 0 Å². The second-order valence-electron chi connectivity index (χ2n) is 5.23. The van der Waals surface area contributed by atoms with Crippen LogP contribution in [0.1, 0.15) is 42.1 Å². The van der Waals surface area contributed by atoms with Crippen LogP contribution in [0.3, 0.4) is 0 Å². The van der Waals surface area contributed by atoms with Crippen LogP contribution in [0.15, 0.2) is 0 Å². The van der Waals surface area contributed by atoms with E-state index >= 15 is 0 Å². The first-order valence-corrected chi connectivity index (χ1v) is 6.67. The molecule has 18 heavy (non-hydrogen) atoms. The molecule has 3 rings (SSSR count). The number of hydrogen-bond acceptors (Lipinski definition) is 4. The maximum absolute atomic E-state index is 12.4. The number of amides is 1. The van der Waals surface area contributed by atoms with Gasteiger partial charge in [0.05, 0.1) is 0 Å². The fourth-order valence-corrected chi connectivity index (χ4v) is 2.50. The molecule has 1 aromatic rings. The zero-order valence-corrected chi connectivity index (χ0v) is 10.6. The van der Waals surface area contributed by atoms with Crippen molar-refractivity contribution in [3.05, 3.63) is 11.6 Å². The maximum atomic E-state index is 12.4. The van der Waals surface area contributed by atoms with E-state index in [1.807, 2.05) is 11.8 Å². The molecule has 1 aliphatic carbocycles. The third-order valence-corrected chi connectivity index (χ3v) is 3.62. The predicted octanol–water partition coefficient (Wildman–Crippen LogP) is 0.470. The van der Waals surface area contributed by atoms with E-state index in [-0.39, 0.29) is 5.91 Å². The highest BCUT2D eigenvalue weighted by Gasteiger charge is 2.36. The Morgan fingerprint density at radius 3 is 2.83 bits per heavy atom. The van der Waals surface area contributed by atoms with Crippen LogP contribution in [0.2, 0.25) is 0 Å². The Balaban J connectivity index is 1.70. The van der Waals surface area contributed by atoms with Crippen LogP contribution in [-0.4, -0.2) is 51.2 Å². The molecule has 1 aliphatic heterocycles. The van der Waals surface area contributed by atoms with E-state index in [0.717, 1.165) is 32.4 Å². The topological polar surface area (TPSA) is 73.9 Å². The Hall–Kier alpha value is -1.43. The first-order valence-electron chi connectivity index (χ1n) is 6.67. The number of aryl methyl sites for hydroxylation is 1. The smallest absolute Gasteiger partial charge is 0.293 e. The molecule has 0 bridgehead atoms. The average Bonchev–Trinajstić information content (AvgIpc) is 2.88. The molecule has 98 valence electrons. The van der Waals surface area contributed by atoms with Crippen molar-refractivity contribution < 1.29 is 4.79 Å². The van der Waals surface area contributed by atoms with Gasteiger partial charge in [0.2, 0.25) is 5.82 Å². The first kappa shape index (κ1) is 11.6. The lowest BCUT2D eigenvalue weighted by molar-refractivity contribution is 0.0716. The van der Waals surface area contributed by atoms with Gasteiger partial charge in [-0.3, -0.25) is 9.89 Å². The molecular formula is C12H19N5O. The van der Waals surface area contributed by atoms with E-state index in [4.69, 9.17) is 0 Å². The average molecular weight is 249 g/mol. The van der Waals surface area contributed by atoms with Gasteiger partial charge in [-0.2, -0.15) is 0 Å². The van der Waals surface area contributed by atoms with Gasteiger partial charge in [0.1, 0.15) is 5.82 Å². The van der Waals surface area contributed by atoms with Crippen LogP contribution in [0.25, 0.3) is 0 Å². The predicted molar refractivity (Wildman–Crippen MR) is 66.2 cm³/mol. The van der Waals surface area contributed by atoms with Gasteiger partial charge in [-0.1, -0.05) is 0 Å². The highest BCUT2D eigenvalue weighted by molar-refractivity contribution is 5.90. The number of carbonyl (C=O) groups excluding carboxylic acids is 1. The van der Waals surface area contributed by atoms with Crippen LogP contribution in [-0.2, 0) is 0 Å². The van der Waals surface area contributed by atoms with Gasteiger partial charge in [-0.15, -0.1) is 5.10 Å². The molecule has 0 radical (unpaired) electrons. The molecule has 6 nitrogen and oxygen atoms in total. The van der Waals surface area contributed by atoms with Gasteiger partial charge in [0, 0.05) is 18.6 Å². The molecule has 2 N–H and O–H groups in total. The maximum Gasteiger partial charge on any atom is 0.293 e. The zero-order chi connectivity index (χ0) is 12.5. The van der Waals surface area contributed by atoms with E-state index in [2.05, 4.69) is 20.5 Å². The normalized spacial score (nSPS) is 23.3. The summed E-state index contributed by atoms with van der Waals surface area (Å²) in [6.07, 6.45) is 4.59. The van der Waals surface area contributed by atoms with Crippen molar-refractivity contribution in [2.45, 2.75) is 44.7 Å². The zero-order valence-electron chi connectivity index (χ0n) is 10.6. The van der Waals surface area contributed by atoms with Crippen molar-refractivity contribution in [2.24, 2.45) is 0 Å². The number of nitrogens with zero attached hydrogens (tertiary/aromatic N) is 3. The Morgan fingerprint density at radius 2 is 2.28 bits per heavy atom. The van der Waals surface area contributed by atoms with E-state index in [0.29, 0.717) is 23.7 Å². The summed E-state index contributed by atoms with van der Waals surface area (Å²) in [6.45, 7) is 3.66. The molecule has 0 aromatic carbocycles. The standard InChI is InChI=1S/C12H19N5O/c1-8-14-11(16-15-8)12(18)17(10-4-5-10)7-9-3-2-6-13-9/h9-10,13H,2-7H2,1H3,(H,14,15,16). The minimum absolute atomic E-state index is 0.0319. The molecule has 2 aliphatic rings. The molecule has 0 spiro atoms. The summed E-state index contributed by atoms with van der Waals surface area (Å²) < 4.78 is 0. The Morgan fingerprint density at radius 1 is 1.44 bits per heavy atom. The molecule has 1 aromatic heterocycles. The van der Waals surface area contributed by atoms with Crippen molar-refractivity contribution in [2.75, 3.05) is 13.1 Å². The number of aromatic nitrogens is 3. The SMILES string of the molecule is Cc1nc(C(=O)N(CC2CCCN2)C2CC2)n[nH]1. The molecule has 1 amide bonds. The van der Waals surface area contributed by atoms with E-state index in [1.165, 1.54) is 6.42 Å². The number of nitrogens with one attached hydrogen (secondary N) is 2. The second-order valence-corrected chi connectivity index (χ2v) is 5.23. The molecule has 2 fully saturated rings. The molecule has 1 atom stereocenters. The monoisotopic (exact) mass is 249 g/mol. The van der Waals surface area contributed by atoms with Gasteiger partial charge in [0.25, 0.3) is 5.91 Å². The van der Waals surface area contributed by atoms with Crippen molar-refractivity contribution >= 4 is 5.91 Å². The van der Waals surface area contributed by atoms with Crippen molar-refractivity contribution in [1.82, 2.24) is 25.4 Å². The summed E-state index contributed by atoms with van der Waals surface area (Å²) in [5, 5.41) is 10.1. The molecule has 2 heterocycles. The number of rotatable bonds is 4. The van der Waals surface area contributed by atoms with Crippen LogP contribution < -0.4 is 5.32 Å². The summed E-state index contributed by atoms with van der Waals surface area (Å²) in [4.78, 5) is 18.5. The summed E-state index contributed by atoms with van der Waals surface area (Å²) in [5.74, 6) is 0.959. The van der Waals surface area contributed by atoms with Gasteiger partial charge in [-0.25, -0.2) is 4.98 Å². The number of carbonyl (C=O) groups is 1. The summed E-state index contributed by atoms with van der Waals surface area (Å²) >= 11 is 0. The first-order chi connectivity index (χ1) is 8.74. The largest absolute Gasteiger partial charge is 0.331 e. The number of H-pyrrole nitrogens is 1. The van der Waals surface area contributed by atoms with Crippen LogP contribution in [0, 0.1) is 6.92 Å². The third-order valence-electron chi connectivity index (χ3n) is 3.62. The van der Waals surface area contributed by atoms with E-state index in [9.17, 15) is 4.79 Å². The molecule has 1 saturated carbocycles. The van der Waals surface area contributed by atoms with Gasteiger partial charge in [-0.05, 0) is 39.2 Å². The van der Waals surface area contributed by atoms with Crippen LogP contribution in [0.4, 0.5) is 0 Å². The summed E-state index contributed by atoms with van der Waals surface area (Å²) in [5.41, 5.74) is 0. The number of hydrogen-bond donors (Lipinski definition) is 2. The summed E-state index contributed by atoms with van der Waals surface area (Å²) in [6, 6.07) is 0.841. The Bertz CT molecular complexity index is 433. The third kappa shape index (κ3) is 2.38. The Labute approximate surface area is 106 Å². The lowest BCUT2D eigenvalue weighted by Gasteiger charge is -2.24. The number of aromatic amines is 1. The van der Waals surface area contributed by atoms with Gasteiger partial charge < -0.3 is 10.2 Å². The molecular weight excluding hydrogens is 230 g/mol. The summed E-state index contributed by atoms with van der Waals surface area (Å²) in [7, 11) is 0. The van der Waals surface area contributed by atoms with Gasteiger partial charge in [0.15, 0.2) is 0 Å². The van der Waals surface area contributed by atoms with Crippen molar-refractivity contribution in [1.29, 1.82) is 0 Å². The highest BCUT2D eigenvalue weighted by Crippen LogP contribution is 2.28. The second kappa shape index (κ2) is 4.68. The fourth-order valence-electron chi connectivity index (χ4n) is 2.50. The lowest BCUT2D eigenvalue weighted by atomic mass is 10.2. The Kier molecular flexibility index (Phi) is 3.03. The highest BCUT2D eigenvalue weighted by atomic mass is 16.2. The van der Waals surface area contributed by atoms with Crippen molar-refractivity contribution in [3.8, 4) is 0 Å². The minimum Gasteiger partial charge on any atom is -0.331 e. The molecule has 1 unspecified atom stereocenters. The van der Waals surface area contributed by atoms with E-state index < -0.39 is 0 Å². The quantitative estimate of drug-likeness (QED) is 0.813. The van der Waals surface area contributed by atoms with Crippen LogP contribution >= 0.6 is 0 Å². The van der Waals surface area contributed by atoms with Crippen LogP contribution in [0.5, 0.6) is 0 Å². The lowest BCUT2D eigenvalue weighted by Crippen LogP contribution is -2.42. The fraction of sp³-hybridized carbons (Fsp3) is 0.750. The molecule has 1 saturated heterocycles. The van der Waals surface area contributed by atoms with E-state index in [1.54, 1.807) is 0 Å². The molecule has 6 heteroatoms. The van der Waals surface area contributed by atoms with Crippen molar-refractivity contribution in [3.63, 3.8) is 0 Å².